The number of hydrogen-bond donors (Lipinski definition) is 1. The Balaban J connectivity index is 0.00000180. The summed E-state index contributed by atoms with van der Waals surface area (Å²) >= 11 is 11.7. The molecular formula is C11H15Cl3N2O2S. The third-order valence-corrected chi connectivity index (χ3v) is 5.43. The van der Waals surface area contributed by atoms with Gasteiger partial charge in [-0.25, -0.2) is 8.42 Å². The normalized spacial score (nSPS) is 20.9. The first-order valence-corrected chi connectivity index (χ1v) is 7.79. The summed E-state index contributed by atoms with van der Waals surface area (Å²) in [4.78, 5) is 0.114. The Kier molecular flexibility index (Phi) is 5.92. The molecule has 4 nitrogen and oxygen atoms in total. The highest BCUT2D eigenvalue weighted by molar-refractivity contribution is 7.89. The van der Waals surface area contributed by atoms with E-state index in [4.69, 9.17) is 23.2 Å². The Hall–Kier alpha value is -0.0400. The molecule has 1 aliphatic heterocycles. The lowest BCUT2D eigenvalue weighted by molar-refractivity contribution is 0.310. The highest BCUT2D eigenvalue weighted by Gasteiger charge is 2.29. The minimum absolute atomic E-state index is 0. The Morgan fingerprint density at radius 1 is 1.37 bits per heavy atom. The van der Waals surface area contributed by atoms with E-state index in [-0.39, 0.29) is 28.4 Å². The van der Waals surface area contributed by atoms with Crippen LogP contribution < -0.4 is 5.32 Å². The van der Waals surface area contributed by atoms with Gasteiger partial charge in [-0.05, 0) is 25.1 Å². The molecule has 0 aromatic heterocycles. The van der Waals surface area contributed by atoms with E-state index in [1.54, 1.807) is 0 Å². The van der Waals surface area contributed by atoms with Crippen LogP contribution in [0.25, 0.3) is 0 Å². The molecule has 1 N–H and O–H groups in total. The summed E-state index contributed by atoms with van der Waals surface area (Å²) in [7, 11) is -3.54. The third kappa shape index (κ3) is 3.74. The topological polar surface area (TPSA) is 49.4 Å². The van der Waals surface area contributed by atoms with Gasteiger partial charge < -0.3 is 5.32 Å². The lowest BCUT2D eigenvalue weighted by Crippen LogP contribution is -2.51. The summed E-state index contributed by atoms with van der Waals surface area (Å²) in [5.41, 5.74) is 0. The second-order valence-corrected chi connectivity index (χ2v) is 7.04. The smallest absolute Gasteiger partial charge is 0.244 e. The molecule has 8 heteroatoms. The maximum atomic E-state index is 12.4. The van der Waals surface area contributed by atoms with Gasteiger partial charge in [-0.2, -0.15) is 4.31 Å². The summed E-state index contributed by atoms with van der Waals surface area (Å²) in [6, 6.07) is 4.57. The Morgan fingerprint density at radius 2 is 2.05 bits per heavy atom. The third-order valence-electron chi connectivity index (χ3n) is 2.84. The van der Waals surface area contributed by atoms with Gasteiger partial charge in [-0.15, -0.1) is 12.4 Å². The molecule has 0 spiro atoms. The molecule has 1 atom stereocenters. The molecule has 0 saturated carbocycles. The minimum atomic E-state index is -3.54. The number of hydrogen-bond acceptors (Lipinski definition) is 3. The molecule has 1 aliphatic rings. The van der Waals surface area contributed by atoms with Crippen molar-refractivity contribution < 1.29 is 8.42 Å². The molecule has 108 valence electrons. The predicted molar refractivity (Wildman–Crippen MR) is 79.9 cm³/mol. The van der Waals surface area contributed by atoms with Crippen LogP contribution >= 0.6 is 35.6 Å². The Morgan fingerprint density at radius 3 is 2.63 bits per heavy atom. The standard InChI is InChI=1S/C11H14Cl2N2O2S.ClH/c1-8-7-15(5-4-14-8)18(16,17)11-3-2-9(12)6-10(11)13;/h2-3,6,8,14H,4-5,7H2,1H3;1H. The largest absolute Gasteiger partial charge is 0.312 e. The van der Waals surface area contributed by atoms with E-state index in [9.17, 15) is 8.42 Å². The molecule has 1 heterocycles. The number of rotatable bonds is 2. The van der Waals surface area contributed by atoms with Crippen LogP contribution in [0.4, 0.5) is 0 Å². The SMILES string of the molecule is CC1CN(S(=O)(=O)c2ccc(Cl)cc2Cl)CCN1.Cl. The van der Waals surface area contributed by atoms with E-state index in [1.165, 1.54) is 22.5 Å². The van der Waals surface area contributed by atoms with Gasteiger partial charge in [0.1, 0.15) is 4.90 Å². The fourth-order valence-electron chi connectivity index (χ4n) is 1.94. The molecule has 0 amide bonds. The maximum absolute atomic E-state index is 12.4. The van der Waals surface area contributed by atoms with Crippen LogP contribution in [0.5, 0.6) is 0 Å². The van der Waals surface area contributed by atoms with Crippen molar-refractivity contribution in [3.8, 4) is 0 Å². The van der Waals surface area contributed by atoms with Crippen LogP contribution in [-0.2, 0) is 10.0 Å². The van der Waals surface area contributed by atoms with Crippen LogP contribution in [0, 0.1) is 0 Å². The van der Waals surface area contributed by atoms with Crippen LogP contribution in [-0.4, -0.2) is 38.4 Å². The summed E-state index contributed by atoms with van der Waals surface area (Å²) in [6.45, 7) is 3.49. The lowest BCUT2D eigenvalue weighted by atomic mass is 10.3. The first kappa shape index (κ1) is 17.0. The maximum Gasteiger partial charge on any atom is 0.244 e. The predicted octanol–water partition coefficient (Wildman–Crippen LogP) is 2.40. The van der Waals surface area contributed by atoms with E-state index in [0.29, 0.717) is 24.7 Å². The van der Waals surface area contributed by atoms with Gasteiger partial charge in [0.15, 0.2) is 0 Å². The number of nitrogens with one attached hydrogen (secondary N) is 1. The zero-order valence-corrected chi connectivity index (χ0v) is 13.4. The quantitative estimate of drug-likeness (QED) is 0.895. The van der Waals surface area contributed by atoms with Crippen molar-refractivity contribution in [3.63, 3.8) is 0 Å². The summed E-state index contributed by atoms with van der Waals surface area (Å²) < 4.78 is 26.3. The molecule has 0 radical (unpaired) electrons. The van der Waals surface area contributed by atoms with Crippen LogP contribution in [0.2, 0.25) is 10.0 Å². The van der Waals surface area contributed by atoms with E-state index < -0.39 is 10.0 Å². The highest BCUT2D eigenvalue weighted by Crippen LogP contribution is 2.27. The van der Waals surface area contributed by atoms with Gasteiger partial charge in [0.2, 0.25) is 10.0 Å². The second-order valence-electron chi connectivity index (χ2n) is 4.29. The molecule has 0 bridgehead atoms. The molecule has 19 heavy (non-hydrogen) atoms. The van der Waals surface area contributed by atoms with Crippen LogP contribution in [0.1, 0.15) is 6.92 Å². The molecule has 1 fully saturated rings. The molecule has 2 rings (SSSR count). The molecule has 1 saturated heterocycles. The minimum Gasteiger partial charge on any atom is -0.312 e. The van der Waals surface area contributed by atoms with Gasteiger partial charge in [-0.3, -0.25) is 0 Å². The average Bonchev–Trinajstić information content (AvgIpc) is 2.28. The van der Waals surface area contributed by atoms with Crippen molar-refractivity contribution in [2.75, 3.05) is 19.6 Å². The van der Waals surface area contributed by atoms with Crippen molar-refractivity contribution in [2.45, 2.75) is 17.9 Å². The van der Waals surface area contributed by atoms with Crippen molar-refractivity contribution in [1.29, 1.82) is 0 Å². The second kappa shape index (κ2) is 6.61. The lowest BCUT2D eigenvalue weighted by Gasteiger charge is -2.31. The Bertz CT molecular complexity index is 551. The van der Waals surface area contributed by atoms with Gasteiger partial charge in [0.25, 0.3) is 0 Å². The van der Waals surface area contributed by atoms with Crippen LogP contribution in [0.15, 0.2) is 23.1 Å². The van der Waals surface area contributed by atoms with E-state index in [1.807, 2.05) is 6.92 Å². The summed E-state index contributed by atoms with van der Waals surface area (Å²) in [5.74, 6) is 0. The zero-order chi connectivity index (χ0) is 13.3. The first-order chi connectivity index (χ1) is 8.41. The van der Waals surface area contributed by atoms with E-state index in [2.05, 4.69) is 5.32 Å². The Labute approximate surface area is 129 Å². The molecule has 1 aromatic carbocycles. The van der Waals surface area contributed by atoms with Gasteiger partial charge in [-0.1, -0.05) is 23.2 Å². The zero-order valence-electron chi connectivity index (χ0n) is 10.3. The van der Waals surface area contributed by atoms with Gasteiger partial charge >= 0.3 is 0 Å². The van der Waals surface area contributed by atoms with Gasteiger partial charge in [0.05, 0.1) is 5.02 Å². The molecule has 1 unspecified atom stereocenters. The highest BCUT2D eigenvalue weighted by atomic mass is 35.5. The first-order valence-electron chi connectivity index (χ1n) is 5.60. The number of nitrogens with zero attached hydrogens (tertiary/aromatic N) is 1. The van der Waals surface area contributed by atoms with E-state index >= 15 is 0 Å². The molecule has 1 aromatic rings. The molecule has 0 aliphatic carbocycles. The molecular weight excluding hydrogens is 331 g/mol. The number of halogens is 3. The van der Waals surface area contributed by atoms with Crippen molar-refractivity contribution in [1.82, 2.24) is 9.62 Å². The fourth-order valence-corrected chi connectivity index (χ4v) is 4.21. The number of benzene rings is 1. The number of sulfonamides is 1. The summed E-state index contributed by atoms with van der Waals surface area (Å²) in [6.07, 6.45) is 0. The van der Waals surface area contributed by atoms with Gasteiger partial charge in [0, 0.05) is 30.7 Å². The van der Waals surface area contributed by atoms with Crippen molar-refractivity contribution in [2.24, 2.45) is 0 Å². The average molecular weight is 346 g/mol. The van der Waals surface area contributed by atoms with E-state index in [0.717, 1.165) is 0 Å². The fraction of sp³-hybridized carbons (Fsp3) is 0.455. The summed E-state index contributed by atoms with van der Waals surface area (Å²) in [5, 5.41) is 3.78. The van der Waals surface area contributed by atoms with Crippen molar-refractivity contribution in [3.05, 3.63) is 28.2 Å². The number of piperazine rings is 1. The van der Waals surface area contributed by atoms with Crippen LogP contribution in [0.3, 0.4) is 0 Å². The van der Waals surface area contributed by atoms with Crippen molar-refractivity contribution >= 4 is 45.6 Å². The monoisotopic (exact) mass is 344 g/mol.